The molecule has 3 aromatic carbocycles. The van der Waals surface area contributed by atoms with Crippen molar-refractivity contribution in [1.29, 1.82) is 0 Å². The van der Waals surface area contributed by atoms with Crippen molar-refractivity contribution >= 4 is 5.97 Å². The lowest BCUT2D eigenvalue weighted by molar-refractivity contribution is -0.152. The molecule has 3 rings (SSSR count). The first-order valence-corrected chi connectivity index (χ1v) is 10.3. The van der Waals surface area contributed by atoms with Gasteiger partial charge >= 0.3 is 5.97 Å². The lowest BCUT2D eigenvalue weighted by atomic mass is 10.1. The molecule has 0 unspecified atom stereocenters. The van der Waals surface area contributed by atoms with Crippen LogP contribution in [0, 0.1) is 0 Å². The van der Waals surface area contributed by atoms with E-state index in [0.29, 0.717) is 19.7 Å². The molecule has 1 atom stereocenters. The van der Waals surface area contributed by atoms with Gasteiger partial charge in [0, 0.05) is 13.1 Å². The molecule has 0 fully saturated rings. The molecule has 0 aliphatic rings. The van der Waals surface area contributed by atoms with Crippen molar-refractivity contribution in [3.8, 4) is 0 Å². The van der Waals surface area contributed by atoms with E-state index in [1.165, 1.54) is 11.1 Å². The van der Waals surface area contributed by atoms with Crippen molar-refractivity contribution in [3.63, 3.8) is 0 Å². The van der Waals surface area contributed by atoms with Crippen LogP contribution in [0.5, 0.6) is 0 Å². The van der Waals surface area contributed by atoms with Crippen LogP contribution >= 0.6 is 0 Å². The first-order valence-electron chi connectivity index (χ1n) is 10.3. The normalized spacial score (nSPS) is 11.9. The highest BCUT2D eigenvalue weighted by molar-refractivity contribution is 5.75. The van der Waals surface area contributed by atoms with E-state index in [2.05, 4.69) is 36.1 Å². The third-order valence-electron chi connectivity index (χ3n) is 4.96. The summed E-state index contributed by atoms with van der Waals surface area (Å²) in [6.45, 7) is 3.84. The van der Waals surface area contributed by atoms with E-state index in [1.807, 2.05) is 66.7 Å². The van der Waals surface area contributed by atoms with Crippen molar-refractivity contribution in [2.75, 3.05) is 0 Å². The average Bonchev–Trinajstić information content (AvgIpc) is 2.77. The number of carbonyl (C=O) groups is 1. The summed E-state index contributed by atoms with van der Waals surface area (Å²) in [5.74, 6) is -0.150. The smallest absolute Gasteiger partial charge is 0.323 e. The summed E-state index contributed by atoms with van der Waals surface area (Å²) in [6, 6.07) is 30.2. The maximum atomic E-state index is 13.1. The number of esters is 1. The van der Waals surface area contributed by atoms with Gasteiger partial charge in [-0.3, -0.25) is 9.69 Å². The number of hydrogen-bond acceptors (Lipinski definition) is 3. The lowest BCUT2D eigenvalue weighted by Crippen LogP contribution is -2.41. The molecule has 0 bridgehead atoms. The molecule has 0 aliphatic carbocycles. The first-order chi connectivity index (χ1) is 14.3. The molecule has 29 heavy (non-hydrogen) atoms. The summed E-state index contributed by atoms with van der Waals surface area (Å²) in [5, 5.41) is 0. The second-order valence-electron chi connectivity index (χ2n) is 7.27. The number of nitrogens with zero attached hydrogens (tertiary/aromatic N) is 1. The Morgan fingerprint density at radius 1 is 0.759 bits per heavy atom. The Morgan fingerprint density at radius 2 is 1.21 bits per heavy atom. The lowest BCUT2D eigenvalue weighted by Gasteiger charge is -2.30. The molecule has 0 heterocycles. The third kappa shape index (κ3) is 6.58. The Kier molecular flexibility index (Phi) is 8.02. The highest BCUT2D eigenvalue weighted by atomic mass is 16.5. The zero-order chi connectivity index (χ0) is 20.3. The molecular weight excluding hydrogens is 358 g/mol. The first kappa shape index (κ1) is 20.8. The van der Waals surface area contributed by atoms with E-state index in [-0.39, 0.29) is 12.0 Å². The van der Waals surface area contributed by atoms with Gasteiger partial charge in [-0.05, 0) is 23.1 Å². The van der Waals surface area contributed by atoms with Crippen LogP contribution in [0.1, 0.15) is 36.5 Å². The van der Waals surface area contributed by atoms with E-state index in [9.17, 15) is 4.79 Å². The molecule has 0 aliphatic heterocycles. The van der Waals surface area contributed by atoms with Gasteiger partial charge in [-0.15, -0.1) is 0 Å². The fourth-order valence-corrected chi connectivity index (χ4v) is 3.46. The van der Waals surface area contributed by atoms with E-state index >= 15 is 0 Å². The summed E-state index contributed by atoms with van der Waals surface area (Å²) in [4.78, 5) is 15.3. The summed E-state index contributed by atoms with van der Waals surface area (Å²) in [5.41, 5.74) is 3.40. The van der Waals surface area contributed by atoms with Crippen LogP contribution in [-0.2, 0) is 29.2 Å². The second-order valence-corrected chi connectivity index (χ2v) is 7.27. The quantitative estimate of drug-likeness (QED) is 0.424. The van der Waals surface area contributed by atoms with Gasteiger partial charge in [-0.1, -0.05) is 104 Å². The fraction of sp³-hybridized carbons (Fsp3) is 0.269. The maximum Gasteiger partial charge on any atom is 0.323 e. The van der Waals surface area contributed by atoms with E-state index in [4.69, 9.17) is 4.74 Å². The molecule has 0 radical (unpaired) electrons. The van der Waals surface area contributed by atoms with Gasteiger partial charge in [0.25, 0.3) is 0 Å². The number of ether oxygens (including phenoxy) is 1. The van der Waals surface area contributed by atoms with Crippen LogP contribution in [0.3, 0.4) is 0 Å². The van der Waals surface area contributed by atoms with Gasteiger partial charge in [-0.2, -0.15) is 0 Å². The molecule has 0 N–H and O–H groups in total. The van der Waals surface area contributed by atoms with E-state index in [0.717, 1.165) is 18.4 Å². The summed E-state index contributed by atoms with van der Waals surface area (Å²) in [7, 11) is 0. The molecule has 3 nitrogen and oxygen atoms in total. The highest BCUT2D eigenvalue weighted by Crippen LogP contribution is 2.18. The maximum absolute atomic E-state index is 13.1. The molecule has 0 saturated heterocycles. The van der Waals surface area contributed by atoms with Gasteiger partial charge < -0.3 is 4.74 Å². The van der Waals surface area contributed by atoms with Crippen LogP contribution in [0.2, 0.25) is 0 Å². The summed E-state index contributed by atoms with van der Waals surface area (Å²) >= 11 is 0. The predicted molar refractivity (Wildman–Crippen MR) is 117 cm³/mol. The minimum Gasteiger partial charge on any atom is -0.460 e. The zero-order valence-electron chi connectivity index (χ0n) is 17.0. The fourth-order valence-electron chi connectivity index (χ4n) is 3.46. The molecule has 0 amide bonds. The van der Waals surface area contributed by atoms with Gasteiger partial charge in [0.05, 0.1) is 0 Å². The van der Waals surface area contributed by atoms with Crippen molar-refractivity contribution in [1.82, 2.24) is 4.90 Å². The Hall–Kier alpha value is -2.91. The molecule has 150 valence electrons. The van der Waals surface area contributed by atoms with Crippen LogP contribution in [0.4, 0.5) is 0 Å². The summed E-state index contributed by atoms with van der Waals surface area (Å²) < 4.78 is 5.72. The number of carbonyl (C=O) groups excluding carboxylic acids is 1. The van der Waals surface area contributed by atoms with Gasteiger partial charge in [-0.25, -0.2) is 0 Å². The zero-order valence-corrected chi connectivity index (χ0v) is 17.0. The standard InChI is InChI=1S/C26H29NO2/c1-2-12-25(26(28)29-21-24-17-10-5-11-18-24)27(19-22-13-6-3-7-14-22)20-23-15-8-4-9-16-23/h3-11,13-18,25H,2,12,19-21H2,1H3/t25-/m0/s1. The van der Waals surface area contributed by atoms with E-state index < -0.39 is 0 Å². The van der Waals surface area contributed by atoms with Crippen molar-refractivity contribution < 1.29 is 9.53 Å². The van der Waals surface area contributed by atoms with Gasteiger partial charge in [0.2, 0.25) is 0 Å². The van der Waals surface area contributed by atoms with Crippen LogP contribution in [0.15, 0.2) is 91.0 Å². The van der Waals surface area contributed by atoms with Crippen molar-refractivity contribution in [3.05, 3.63) is 108 Å². The molecule has 0 aromatic heterocycles. The van der Waals surface area contributed by atoms with Crippen LogP contribution < -0.4 is 0 Å². The van der Waals surface area contributed by atoms with Gasteiger partial charge in [0.15, 0.2) is 0 Å². The monoisotopic (exact) mass is 387 g/mol. The van der Waals surface area contributed by atoms with Crippen LogP contribution in [-0.4, -0.2) is 16.9 Å². The Labute approximate surface area is 174 Å². The highest BCUT2D eigenvalue weighted by Gasteiger charge is 2.27. The second kappa shape index (κ2) is 11.2. The Bertz CT molecular complexity index is 808. The average molecular weight is 388 g/mol. The topological polar surface area (TPSA) is 29.5 Å². The van der Waals surface area contributed by atoms with Crippen molar-refractivity contribution in [2.45, 2.75) is 45.5 Å². The number of hydrogen-bond donors (Lipinski definition) is 0. The van der Waals surface area contributed by atoms with Gasteiger partial charge in [0.1, 0.15) is 12.6 Å². The molecular formula is C26H29NO2. The van der Waals surface area contributed by atoms with Crippen LogP contribution in [0.25, 0.3) is 0 Å². The minimum atomic E-state index is -0.274. The molecule has 3 heteroatoms. The number of benzene rings is 3. The Balaban J connectivity index is 1.77. The van der Waals surface area contributed by atoms with Crippen molar-refractivity contribution in [2.24, 2.45) is 0 Å². The van der Waals surface area contributed by atoms with E-state index in [1.54, 1.807) is 0 Å². The molecule has 3 aromatic rings. The largest absolute Gasteiger partial charge is 0.460 e. The molecule has 0 spiro atoms. The minimum absolute atomic E-state index is 0.150. The Morgan fingerprint density at radius 3 is 1.66 bits per heavy atom. The SMILES string of the molecule is CCC[C@@H](C(=O)OCc1ccccc1)N(Cc1ccccc1)Cc1ccccc1. The predicted octanol–water partition coefficient (Wildman–Crippen LogP) is 5.60. The molecule has 0 saturated carbocycles. The summed E-state index contributed by atoms with van der Waals surface area (Å²) in [6.07, 6.45) is 1.69. The third-order valence-corrected chi connectivity index (χ3v) is 4.96. The number of rotatable bonds is 10.